The summed E-state index contributed by atoms with van der Waals surface area (Å²) in [6.07, 6.45) is 2.00. The molecule has 90 valence electrons. The normalized spacial score (nSPS) is 11.3. The molecule has 0 heterocycles. The van der Waals surface area contributed by atoms with E-state index >= 15 is 0 Å². The Kier molecular flexibility index (Phi) is 4.52. The van der Waals surface area contributed by atoms with Crippen LogP contribution in [0.3, 0.4) is 0 Å². The summed E-state index contributed by atoms with van der Waals surface area (Å²) in [7, 11) is 0. The van der Waals surface area contributed by atoms with Crippen LogP contribution in [0, 0.1) is 0 Å². The summed E-state index contributed by atoms with van der Waals surface area (Å²) in [6, 6.07) is 20.1. The molecular weight excluding hydrogens is 287 g/mol. The van der Waals surface area contributed by atoms with Gasteiger partial charge in [0.05, 0.1) is 0 Å². The van der Waals surface area contributed by atoms with Crippen molar-refractivity contribution in [3.8, 4) is 0 Å². The Bertz CT molecular complexity index is 544. The van der Waals surface area contributed by atoms with Crippen molar-refractivity contribution < 1.29 is 4.79 Å². The van der Waals surface area contributed by atoms with E-state index in [2.05, 4.69) is 12.1 Å². The molecule has 0 radical (unpaired) electrons. The third-order valence-electron chi connectivity index (χ3n) is 2.42. The Hall–Kier alpha value is -1.63. The van der Waals surface area contributed by atoms with Crippen LogP contribution in [0.25, 0.3) is 6.08 Å². The first kappa shape index (κ1) is 12.8. The van der Waals surface area contributed by atoms with Crippen molar-refractivity contribution in [2.24, 2.45) is 0 Å². The molecule has 18 heavy (non-hydrogen) atoms. The number of hydrogen-bond donors (Lipinski definition) is 0. The van der Waals surface area contributed by atoms with Crippen LogP contribution in [0.2, 0.25) is 0 Å². The Morgan fingerprint density at radius 3 is 2.06 bits per heavy atom. The van der Waals surface area contributed by atoms with Gasteiger partial charge in [-0.15, -0.1) is 0 Å². The van der Waals surface area contributed by atoms with Gasteiger partial charge in [-0.05, 0) is 0 Å². The average Bonchev–Trinajstić information content (AvgIpc) is 2.40. The molecule has 2 heteroatoms. The molecule has 0 fully saturated rings. The fourth-order valence-corrected chi connectivity index (χ4v) is 3.38. The monoisotopic (exact) mass is 302 g/mol. The van der Waals surface area contributed by atoms with E-state index in [1.807, 2.05) is 54.6 Å². The molecule has 0 saturated carbocycles. The number of carbonyl (C=O) groups excluding carboxylic acids is 1. The van der Waals surface area contributed by atoms with Crippen molar-refractivity contribution >= 4 is 31.3 Å². The van der Waals surface area contributed by atoms with E-state index in [0.717, 1.165) is 10.0 Å². The molecule has 0 aromatic heterocycles. The Balaban J connectivity index is 2.25. The van der Waals surface area contributed by atoms with E-state index in [4.69, 9.17) is 0 Å². The molecule has 1 nitrogen and oxygen atoms in total. The molecule has 0 saturated heterocycles. The summed E-state index contributed by atoms with van der Waals surface area (Å²) in [5, 5.41) is 0. The first-order valence-electron chi connectivity index (χ1n) is 5.76. The maximum atomic E-state index is 11.7. The number of Topliss-reactive ketones (excluding diaryl/α,β-unsaturated/α-hetero) is 1. The standard InChI is InChI=1S/C16H14OSe/c1-13(17)16(12-14-8-4-2-5-9-14)18-15-10-6-3-7-11-15/h2-12H,1H3/b16-12-. The average molecular weight is 301 g/mol. The summed E-state index contributed by atoms with van der Waals surface area (Å²) in [6.45, 7) is 1.64. The van der Waals surface area contributed by atoms with Gasteiger partial charge < -0.3 is 0 Å². The zero-order valence-corrected chi connectivity index (χ0v) is 11.9. The molecule has 0 amide bonds. The Morgan fingerprint density at radius 2 is 1.50 bits per heavy atom. The van der Waals surface area contributed by atoms with E-state index in [1.165, 1.54) is 4.46 Å². The van der Waals surface area contributed by atoms with Gasteiger partial charge in [0.25, 0.3) is 0 Å². The third kappa shape index (κ3) is 3.69. The van der Waals surface area contributed by atoms with Gasteiger partial charge in [-0.1, -0.05) is 0 Å². The van der Waals surface area contributed by atoms with E-state index < -0.39 is 0 Å². The van der Waals surface area contributed by atoms with Crippen LogP contribution in [-0.2, 0) is 4.79 Å². The Morgan fingerprint density at radius 1 is 0.944 bits per heavy atom. The van der Waals surface area contributed by atoms with Crippen LogP contribution in [-0.4, -0.2) is 20.7 Å². The van der Waals surface area contributed by atoms with E-state index in [-0.39, 0.29) is 20.7 Å². The van der Waals surface area contributed by atoms with Crippen molar-refractivity contribution in [3.05, 3.63) is 70.7 Å². The molecular formula is C16H14OSe. The van der Waals surface area contributed by atoms with E-state index in [0.29, 0.717) is 0 Å². The first-order valence-corrected chi connectivity index (χ1v) is 7.47. The van der Waals surface area contributed by atoms with Crippen LogP contribution in [0.15, 0.2) is 65.1 Å². The zero-order valence-electron chi connectivity index (χ0n) is 10.2. The predicted molar refractivity (Wildman–Crippen MR) is 76.9 cm³/mol. The van der Waals surface area contributed by atoms with Gasteiger partial charge >= 0.3 is 114 Å². The van der Waals surface area contributed by atoms with Crippen LogP contribution in [0.5, 0.6) is 0 Å². The molecule has 0 spiro atoms. The predicted octanol–water partition coefficient (Wildman–Crippen LogP) is 2.65. The summed E-state index contributed by atoms with van der Waals surface area (Å²) in [5.74, 6) is 0.155. The van der Waals surface area contributed by atoms with Gasteiger partial charge in [0.2, 0.25) is 0 Å². The van der Waals surface area contributed by atoms with Gasteiger partial charge in [0.15, 0.2) is 0 Å². The number of benzene rings is 2. The van der Waals surface area contributed by atoms with E-state index in [9.17, 15) is 4.79 Å². The zero-order chi connectivity index (χ0) is 12.8. The van der Waals surface area contributed by atoms with Gasteiger partial charge in [-0.2, -0.15) is 0 Å². The summed E-state index contributed by atoms with van der Waals surface area (Å²) >= 11 is 0.0724. The number of carbonyl (C=O) groups is 1. The second-order valence-corrected chi connectivity index (χ2v) is 6.23. The minimum atomic E-state index is 0.0724. The van der Waals surface area contributed by atoms with Crippen molar-refractivity contribution in [1.29, 1.82) is 0 Å². The molecule has 0 aliphatic carbocycles. The summed E-state index contributed by atoms with van der Waals surface area (Å²) < 4.78 is 2.13. The van der Waals surface area contributed by atoms with Crippen LogP contribution in [0.4, 0.5) is 0 Å². The van der Waals surface area contributed by atoms with Gasteiger partial charge in [-0.3, -0.25) is 0 Å². The summed E-state index contributed by atoms with van der Waals surface area (Å²) in [4.78, 5) is 11.7. The van der Waals surface area contributed by atoms with Crippen molar-refractivity contribution in [1.82, 2.24) is 0 Å². The van der Waals surface area contributed by atoms with Gasteiger partial charge in [-0.25, -0.2) is 0 Å². The quantitative estimate of drug-likeness (QED) is 0.627. The van der Waals surface area contributed by atoms with Crippen molar-refractivity contribution in [2.75, 3.05) is 0 Å². The minimum absolute atomic E-state index is 0.0724. The second-order valence-electron chi connectivity index (χ2n) is 3.89. The molecule has 2 rings (SSSR count). The number of ketones is 1. The van der Waals surface area contributed by atoms with Crippen LogP contribution >= 0.6 is 0 Å². The van der Waals surface area contributed by atoms with Gasteiger partial charge in [0, 0.05) is 0 Å². The fourth-order valence-electron chi connectivity index (χ4n) is 1.52. The Labute approximate surface area is 114 Å². The molecule has 0 aliphatic heterocycles. The van der Waals surface area contributed by atoms with Crippen LogP contribution < -0.4 is 4.46 Å². The number of rotatable bonds is 4. The maximum absolute atomic E-state index is 11.7. The topological polar surface area (TPSA) is 17.1 Å². The van der Waals surface area contributed by atoms with E-state index in [1.54, 1.807) is 6.92 Å². The summed E-state index contributed by atoms with van der Waals surface area (Å²) in [5.41, 5.74) is 1.08. The third-order valence-corrected chi connectivity index (χ3v) is 4.79. The first-order chi connectivity index (χ1) is 8.75. The molecule has 2 aromatic rings. The fraction of sp³-hybridized carbons (Fsp3) is 0.0625. The number of allylic oxidation sites excluding steroid dienone is 1. The molecule has 0 atom stereocenters. The SMILES string of the molecule is CC(=O)/C(=C/c1ccccc1)[Se]c1ccccc1. The molecule has 0 bridgehead atoms. The van der Waals surface area contributed by atoms with Crippen molar-refractivity contribution in [2.45, 2.75) is 6.92 Å². The van der Waals surface area contributed by atoms with Gasteiger partial charge in [0.1, 0.15) is 0 Å². The number of hydrogen-bond acceptors (Lipinski definition) is 1. The molecule has 2 aromatic carbocycles. The molecule has 0 aliphatic rings. The van der Waals surface area contributed by atoms with Crippen LogP contribution in [0.1, 0.15) is 12.5 Å². The molecule has 0 unspecified atom stereocenters. The van der Waals surface area contributed by atoms with Crippen molar-refractivity contribution in [3.63, 3.8) is 0 Å². The second kappa shape index (κ2) is 6.34. The molecule has 0 N–H and O–H groups in total.